The number of alkyl halides is 1. The summed E-state index contributed by atoms with van der Waals surface area (Å²) in [5.41, 5.74) is 1.84. The van der Waals surface area contributed by atoms with E-state index in [-0.39, 0.29) is 12.0 Å². The number of ether oxygens (including phenoxy) is 2. The van der Waals surface area contributed by atoms with Crippen LogP contribution in [0, 0.1) is 17.8 Å². The van der Waals surface area contributed by atoms with Gasteiger partial charge in [-0.2, -0.15) is 0 Å². The molecule has 2 atom stereocenters. The van der Waals surface area contributed by atoms with Crippen LogP contribution in [0.25, 0.3) is 0 Å². The number of rotatable bonds is 7. The van der Waals surface area contributed by atoms with Crippen LogP contribution in [0.4, 0.5) is 15.8 Å². The van der Waals surface area contributed by atoms with Gasteiger partial charge in [0.15, 0.2) is 0 Å². The van der Waals surface area contributed by atoms with Crippen molar-refractivity contribution >= 4 is 17.3 Å². The molecular weight excluding hydrogens is 421 g/mol. The largest absolute Gasteiger partial charge is 0.494 e. The van der Waals surface area contributed by atoms with Gasteiger partial charge in [0.05, 0.1) is 13.3 Å². The Kier molecular flexibility index (Phi) is 6.13. The number of likely N-dealkylation sites (tertiary alicyclic amines) is 1. The first-order valence-electron chi connectivity index (χ1n) is 12.0. The van der Waals surface area contributed by atoms with E-state index in [0.29, 0.717) is 17.6 Å². The van der Waals surface area contributed by atoms with Gasteiger partial charge in [-0.15, -0.1) is 0 Å². The summed E-state index contributed by atoms with van der Waals surface area (Å²) in [6.45, 7) is 2.89. The average molecular weight is 454 g/mol. The summed E-state index contributed by atoms with van der Waals surface area (Å²) in [6, 6.07) is 9.49. The van der Waals surface area contributed by atoms with Gasteiger partial charge < -0.3 is 19.3 Å². The van der Waals surface area contributed by atoms with Gasteiger partial charge >= 0.3 is 0 Å². The molecule has 3 aliphatic carbocycles. The molecule has 1 aliphatic heterocycles. The van der Waals surface area contributed by atoms with Crippen LogP contribution in [0.1, 0.15) is 39.0 Å². The lowest BCUT2D eigenvalue weighted by atomic mass is 9.82. The number of halogens is 1. The second kappa shape index (κ2) is 9.20. The van der Waals surface area contributed by atoms with Crippen molar-refractivity contribution < 1.29 is 18.7 Å². The number of nitrogens with zero attached hydrogens (tertiary/aromatic N) is 3. The third-order valence-electron chi connectivity index (χ3n) is 7.54. The minimum absolute atomic E-state index is 0.191. The van der Waals surface area contributed by atoms with Crippen molar-refractivity contribution in [3.63, 3.8) is 0 Å². The summed E-state index contributed by atoms with van der Waals surface area (Å²) in [7, 11) is 1.66. The molecule has 2 heterocycles. The average Bonchev–Trinajstić information content (AvgIpc) is 3.42. The van der Waals surface area contributed by atoms with Gasteiger partial charge in [0.25, 0.3) is 0 Å². The number of methoxy groups -OCH3 is 1. The van der Waals surface area contributed by atoms with Crippen LogP contribution in [0.5, 0.6) is 11.5 Å². The van der Waals surface area contributed by atoms with Gasteiger partial charge in [-0.25, -0.2) is 4.39 Å². The van der Waals surface area contributed by atoms with Crippen molar-refractivity contribution in [2.75, 3.05) is 25.1 Å². The van der Waals surface area contributed by atoms with Crippen molar-refractivity contribution in [3.05, 3.63) is 42.7 Å². The van der Waals surface area contributed by atoms with Gasteiger partial charge in [0.2, 0.25) is 12.3 Å². The Balaban J connectivity index is 1.35. The van der Waals surface area contributed by atoms with Crippen molar-refractivity contribution in [2.45, 2.75) is 51.4 Å². The number of piperidine rings is 1. The topological polar surface area (TPSA) is 54.9 Å². The predicted molar refractivity (Wildman–Crippen MR) is 124 cm³/mol. The van der Waals surface area contributed by atoms with Gasteiger partial charge in [0, 0.05) is 49.9 Å². The Morgan fingerprint density at radius 1 is 1.15 bits per heavy atom. The summed E-state index contributed by atoms with van der Waals surface area (Å²) < 4.78 is 24.1. The zero-order valence-corrected chi connectivity index (χ0v) is 19.3. The van der Waals surface area contributed by atoms with Crippen LogP contribution < -0.4 is 14.4 Å². The molecule has 1 aromatic carbocycles. The predicted octanol–water partition coefficient (Wildman–Crippen LogP) is 4.96. The van der Waals surface area contributed by atoms with E-state index in [1.54, 1.807) is 25.4 Å². The second-order valence-corrected chi connectivity index (χ2v) is 9.57. The minimum Gasteiger partial charge on any atom is -0.494 e. The standard InChI is InChI=1S/C26H32FN3O3/c1-17(27)33-22-5-3-20(4-6-22)30(24-16-28-10-7-25(24)32-2)21-8-11-29(12-9-21)26(31)23-15-18-13-19(23)14-18/h3-7,10,16-19,21,23H,8-9,11-15H2,1-2H3/t17?,18?,19?,23-/m1/s1. The molecule has 6 nitrogen and oxygen atoms in total. The van der Waals surface area contributed by atoms with E-state index >= 15 is 0 Å². The van der Waals surface area contributed by atoms with Crippen LogP contribution in [-0.4, -0.2) is 48.4 Å². The number of pyridine rings is 1. The Morgan fingerprint density at radius 2 is 1.88 bits per heavy atom. The monoisotopic (exact) mass is 453 g/mol. The van der Waals surface area contributed by atoms with Crippen LogP contribution in [0.15, 0.2) is 42.7 Å². The Bertz CT molecular complexity index is 969. The molecule has 0 radical (unpaired) electrons. The molecule has 176 valence electrons. The quantitative estimate of drug-likeness (QED) is 0.593. The number of hydrogen-bond donors (Lipinski definition) is 0. The number of anilines is 2. The normalized spacial score (nSPS) is 25.3. The lowest BCUT2D eigenvalue weighted by Gasteiger charge is -2.41. The SMILES string of the molecule is COc1ccncc1N(c1ccc(OC(C)F)cc1)C1CCN(C(=O)[C@@H]2CC3CC2C3)CC1. The second-order valence-electron chi connectivity index (χ2n) is 9.57. The Hall–Kier alpha value is -2.83. The maximum Gasteiger partial charge on any atom is 0.235 e. The molecule has 0 N–H and O–H groups in total. The highest BCUT2D eigenvalue weighted by Gasteiger charge is 2.48. The van der Waals surface area contributed by atoms with E-state index < -0.39 is 6.36 Å². The van der Waals surface area contributed by atoms with Crippen molar-refractivity contribution in [3.8, 4) is 11.5 Å². The van der Waals surface area contributed by atoms with Gasteiger partial charge in [-0.05, 0) is 68.2 Å². The maximum absolute atomic E-state index is 13.3. The molecule has 2 aromatic rings. The van der Waals surface area contributed by atoms with Gasteiger partial charge in [0.1, 0.15) is 17.2 Å². The highest BCUT2D eigenvalue weighted by Crippen LogP contribution is 2.53. The molecule has 0 spiro atoms. The van der Waals surface area contributed by atoms with Crippen molar-refractivity contribution in [1.82, 2.24) is 9.88 Å². The lowest BCUT2D eigenvalue weighted by Crippen LogP contribution is -2.47. The minimum atomic E-state index is -1.36. The number of aromatic nitrogens is 1. The van der Waals surface area contributed by atoms with Gasteiger partial charge in [-0.3, -0.25) is 9.78 Å². The molecule has 4 fully saturated rings. The van der Waals surface area contributed by atoms with Crippen LogP contribution >= 0.6 is 0 Å². The summed E-state index contributed by atoms with van der Waals surface area (Å²) >= 11 is 0. The van der Waals surface area contributed by atoms with Crippen molar-refractivity contribution in [1.29, 1.82) is 0 Å². The molecule has 7 heteroatoms. The fourth-order valence-corrected chi connectivity index (χ4v) is 5.89. The Labute approximate surface area is 194 Å². The van der Waals surface area contributed by atoms with Gasteiger partial charge in [-0.1, -0.05) is 0 Å². The van der Waals surface area contributed by atoms with E-state index in [2.05, 4.69) is 14.8 Å². The van der Waals surface area contributed by atoms with Crippen LogP contribution in [-0.2, 0) is 4.79 Å². The highest BCUT2D eigenvalue weighted by molar-refractivity contribution is 5.80. The zero-order chi connectivity index (χ0) is 22.9. The number of amides is 1. The van der Waals surface area contributed by atoms with Crippen LogP contribution in [0.2, 0.25) is 0 Å². The number of benzene rings is 1. The Morgan fingerprint density at radius 3 is 2.48 bits per heavy atom. The first kappa shape index (κ1) is 22.0. The van der Waals surface area contributed by atoms with Crippen LogP contribution in [0.3, 0.4) is 0 Å². The number of carbonyl (C=O) groups is 1. The molecule has 2 bridgehead atoms. The third-order valence-corrected chi connectivity index (χ3v) is 7.54. The molecule has 1 saturated heterocycles. The molecule has 4 aliphatic rings. The van der Waals surface area contributed by atoms with E-state index in [1.165, 1.54) is 19.8 Å². The molecule has 33 heavy (non-hydrogen) atoms. The number of carbonyl (C=O) groups excluding carboxylic acids is 1. The smallest absolute Gasteiger partial charge is 0.235 e. The molecule has 1 aromatic heterocycles. The van der Waals surface area contributed by atoms with E-state index in [0.717, 1.165) is 55.4 Å². The molecule has 1 unspecified atom stereocenters. The third kappa shape index (κ3) is 4.37. The lowest BCUT2D eigenvalue weighted by molar-refractivity contribution is -0.137. The molecule has 1 amide bonds. The summed E-state index contributed by atoms with van der Waals surface area (Å²) in [4.78, 5) is 21.8. The fourth-order valence-electron chi connectivity index (χ4n) is 5.89. The fraction of sp³-hybridized carbons (Fsp3) is 0.538. The molecule has 6 rings (SSSR count). The van der Waals surface area contributed by atoms with Crippen molar-refractivity contribution in [2.24, 2.45) is 17.8 Å². The number of hydrogen-bond acceptors (Lipinski definition) is 5. The summed E-state index contributed by atoms with van der Waals surface area (Å²) in [5.74, 6) is 3.28. The zero-order valence-electron chi connectivity index (χ0n) is 19.3. The summed E-state index contributed by atoms with van der Waals surface area (Å²) in [6.07, 6.45) is 7.50. The molecule has 3 saturated carbocycles. The maximum atomic E-state index is 13.3. The first-order chi connectivity index (χ1) is 16.0. The summed E-state index contributed by atoms with van der Waals surface area (Å²) in [5, 5.41) is 0. The molecular formula is C26H32FN3O3. The van der Waals surface area contributed by atoms with E-state index in [4.69, 9.17) is 9.47 Å². The van der Waals surface area contributed by atoms with E-state index in [9.17, 15) is 9.18 Å². The van der Waals surface area contributed by atoms with E-state index in [1.807, 2.05) is 24.4 Å². The number of fused-ring (bicyclic) bond motifs is 1. The first-order valence-corrected chi connectivity index (χ1v) is 12.0. The highest BCUT2D eigenvalue weighted by atomic mass is 19.1.